The van der Waals surface area contributed by atoms with Crippen molar-refractivity contribution < 1.29 is 27.8 Å². The van der Waals surface area contributed by atoms with Crippen molar-refractivity contribution in [2.75, 3.05) is 32.5 Å². The molecule has 3 N–H and O–H groups in total. The number of thiophene rings is 1. The summed E-state index contributed by atoms with van der Waals surface area (Å²) >= 11 is 1.03. The third-order valence-corrected chi connectivity index (χ3v) is 9.26. The molecule has 208 valence electrons. The van der Waals surface area contributed by atoms with Gasteiger partial charge in [-0.25, -0.2) is 13.2 Å². The van der Waals surface area contributed by atoms with Gasteiger partial charge >= 0.3 is 6.01 Å². The lowest BCUT2D eigenvalue weighted by molar-refractivity contribution is 0.107. The summed E-state index contributed by atoms with van der Waals surface area (Å²) in [5.41, 5.74) is 7.20. The molecule has 3 aromatic heterocycles. The smallest absolute Gasteiger partial charge is 0.320 e. The number of rotatable bonds is 5. The molecule has 0 amide bonds. The van der Waals surface area contributed by atoms with E-state index >= 15 is 4.39 Å². The molecule has 0 aliphatic carbocycles. The van der Waals surface area contributed by atoms with Crippen LogP contribution in [0.3, 0.4) is 0 Å². The van der Waals surface area contributed by atoms with Crippen LogP contribution in [0.25, 0.3) is 32.2 Å². The van der Waals surface area contributed by atoms with Crippen molar-refractivity contribution in [3.63, 3.8) is 0 Å². The topological polar surface area (TPSA) is 119 Å². The van der Waals surface area contributed by atoms with Gasteiger partial charge in [0.2, 0.25) is 5.88 Å². The van der Waals surface area contributed by atoms with Gasteiger partial charge in [-0.1, -0.05) is 0 Å². The minimum absolute atomic E-state index is 0.0509. The minimum Gasteiger partial charge on any atom is -0.493 e. The Kier molecular flexibility index (Phi) is 5.88. The summed E-state index contributed by atoms with van der Waals surface area (Å²) in [6.45, 7) is 1.40. The molecule has 0 bridgehead atoms. The molecular weight excluding hydrogens is 545 g/mol. The highest BCUT2D eigenvalue weighted by Gasteiger charge is 2.49. The Bertz CT molecular complexity index is 1730. The monoisotopic (exact) mass is 570 g/mol. The van der Waals surface area contributed by atoms with Crippen molar-refractivity contribution in [1.29, 1.82) is 0 Å². The maximum Gasteiger partial charge on any atom is 0.320 e. The van der Waals surface area contributed by atoms with Crippen molar-refractivity contribution in [2.24, 2.45) is 4.99 Å². The number of aromatic hydroxyl groups is 1. The third-order valence-electron chi connectivity index (χ3n) is 8.22. The number of ether oxygens (including phenoxy) is 2. The average molecular weight is 571 g/mol. The molecule has 0 radical (unpaired) electrons. The predicted octanol–water partition coefficient (Wildman–Crippen LogP) is 4.51. The van der Waals surface area contributed by atoms with Crippen molar-refractivity contribution in [2.45, 2.75) is 44.2 Å². The zero-order chi connectivity index (χ0) is 27.8. The fraction of sp³-hybridized carbons (Fsp3) is 0.407. The maximum atomic E-state index is 16.6. The number of anilines is 1. The number of alkyl halides is 1. The Labute approximate surface area is 230 Å². The Morgan fingerprint density at radius 3 is 2.95 bits per heavy atom. The summed E-state index contributed by atoms with van der Waals surface area (Å²) in [5, 5.41) is 11.7. The summed E-state index contributed by atoms with van der Waals surface area (Å²) in [7, 11) is 1.56. The van der Waals surface area contributed by atoms with E-state index in [2.05, 4.69) is 24.8 Å². The van der Waals surface area contributed by atoms with Crippen LogP contribution in [0.1, 0.15) is 36.0 Å². The molecule has 2 atom stereocenters. The molecule has 13 heteroatoms. The number of hydrogen-bond donors (Lipinski definition) is 2. The number of nitrogen functional groups attached to an aromatic ring is 1. The first-order valence-corrected chi connectivity index (χ1v) is 13.8. The van der Waals surface area contributed by atoms with E-state index in [0.717, 1.165) is 36.9 Å². The average Bonchev–Trinajstić information content (AvgIpc) is 3.68. The summed E-state index contributed by atoms with van der Waals surface area (Å²) in [6.07, 6.45) is 3.63. The minimum atomic E-state index is -0.939. The highest BCUT2D eigenvalue weighted by Crippen LogP contribution is 2.46. The van der Waals surface area contributed by atoms with Gasteiger partial charge < -0.3 is 20.3 Å². The Morgan fingerprint density at radius 2 is 2.12 bits per heavy atom. The zero-order valence-corrected chi connectivity index (χ0v) is 22.3. The van der Waals surface area contributed by atoms with Gasteiger partial charge in [0.15, 0.2) is 11.6 Å². The van der Waals surface area contributed by atoms with Gasteiger partial charge in [-0.3, -0.25) is 14.9 Å². The van der Waals surface area contributed by atoms with Crippen molar-refractivity contribution in [1.82, 2.24) is 19.9 Å². The van der Waals surface area contributed by atoms with Gasteiger partial charge in [-0.2, -0.15) is 9.97 Å². The molecule has 1 aromatic carbocycles. The van der Waals surface area contributed by atoms with Crippen LogP contribution in [0.5, 0.6) is 11.9 Å². The highest BCUT2D eigenvalue weighted by molar-refractivity contribution is 7.23. The maximum absolute atomic E-state index is 16.6. The number of aliphatic imine (C=N–C) groups is 1. The lowest BCUT2D eigenvalue weighted by Crippen LogP contribution is -2.43. The molecule has 9 nitrogen and oxygen atoms in total. The van der Waals surface area contributed by atoms with Crippen LogP contribution in [0.2, 0.25) is 0 Å². The second kappa shape index (κ2) is 9.25. The van der Waals surface area contributed by atoms with Crippen molar-refractivity contribution in [3.8, 4) is 23.1 Å². The standard InChI is InChI=1S/C27H25F3N6O3S/c1-32-6-13-18-21(33-7-16(29)23(18)40-24(13)31)17-14-9-38-10-15(14)19-22(20(17)30)34-26(35-25(19)37)39-11-27-3-2-4-36(27)8-12(28)5-27/h6-7,12H,2-5,8-11,31H2,1H3,(H,34,35,37)/b32-6-/t12-,27+/m1/s1. The van der Waals surface area contributed by atoms with Crippen LogP contribution in [0.4, 0.5) is 18.2 Å². The van der Waals surface area contributed by atoms with Crippen LogP contribution >= 0.6 is 11.3 Å². The van der Waals surface area contributed by atoms with E-state index in [0.29, 0.717) is 40.0 Å². The molecule has 7 rings (SSSR count). The molecule has 0 spiro atoms. The number of fused-ring (bicyclic) bond motifs is 5. The molecule has 3 aliphatic heterocycles. The van der Waals surface area contributed by atoms with Crippen molar-refractivity contribution >= 4 is 43.5 Å². The Morgan fingerprint density at radius 1 is 1.30 bits per heavy atom. The molecule has 40 heavy (non-hydrogen) atoms. The van der Waals surface area contributed by atoms with Gasteiger partial charge in [0.25, 0.3) is 0 Å². The van der Waals surface area contributed by atoms with E-state index in [4.69, 9.17) is 15.2 Å². The van der Waals surface area contributed by atoms with E-state index in [1.807, 2.05) is 0 Å². The van der Waals surface area contributed by atoms with E-state index in [9.17, 15) is 13.9 Å². The fourth-order valence-electron chi connectivity index (χ4n) is 6.51. The summed E-state index contributed by atoms with van der Waals surface area (Å²) in [4.78, 5) is 18.9. The first kappa shape index (κ1) is 25.4. The van der Waals surface area contributed by atoms with E-state index in [1.165, 1.54) is 6.21 Å². The number of hydrogen-bond acceptors (Lipinski definition) is 10. The summed E-state index contributed by atoms with van der Waals surface area (Å²) in [6, 6.07) is -0.215. The normalized spacial score (nSPS) is 22.6. The second-order valence-electron chi connectivity index (χ2n) is 10.5. The van der Waals surface area contributed by atoms with Crippen molar-refractivity contribution in [3.05, 3.63) is 34.5 Å². The summed E-state index contributed by atoms with van der Waals surface area (Å²) in [5.74, 6) is -1.81. The molecule has 4 aromatic rings. The van der Waals surface area contributed by atoms with E-state index in [1.54, 1.807) is 7.05 Å². The van der Waals surface area contributed by atoms with Gasteiger partial charge in [-0.05, 0) is 30.5 Å². The van der Waals surface area contributed by atoms with Crippen LogP contribution < -0.4 is 10.5 Å². The first-order chi connectivity index (χ1) is 19.3. The first-order valence-electron chi connectivity index (χ1n) is 12.9. The molecule has 0 saturated carbocycles. The second-order valence-corrected chi connectivity index (χ2v) is 11.5. The molecule has 6 heterocycles. The number of benzene rings is 1. The van der Waals surface area contributed by atoms with E-state index < -0.39 is 29.2 Å². The molecule has 0 unspecified atom stereocenters. The number of aromatic nitrogens is 3. The van der Waals surface area contributed by atoms with Crippen LogP contribution in [0.15, 0.2) is 11.2 Å². The lowest BCUT2D eigenvalue weighted by Gasteiger charge is -2.30. The number of nitrogens with zero attached hydrogens (tertiary/aromatic N) is 5. The Hall–Kier alpha value is -3.55. The third kappa shape index (κ3) is 3.67. The predicted molar refractivity (Wildman–Crippen MR) is 145 cm³/mol. The van der Waals surface area contributed by atoms with Crippen LogP contribution in [-0.2, 0) is 18.0 Å². The number of pyridine rings is 1. The van der Waals surface area contributed by atoms with Gasteiger partial charge in [0, 0.05) is 42.7 Å². The number of halogens is 3. The molecular formula is C27H25F3N6O3S. The SMILES string of the molecule is C/N=C\c1c(N)sc2c(F)cnc(-c3c4c(c5c(O)nc(OC[C@@]67CCCN6C[C@H](F)C7)nc5c3F)COC4)c12. The fourth-order valence-corrected chi connectivity index (χ4v) is 7.45. The lowest BCUT2D eigenvalue weighted by atomic mass is 9.93. The van der Waals surface area contributed by atoms with Crippen LogP contribution in [-0.4, -0.2) is 69.6 Å². The summed E-state index contributed by atoms with van der Waals surface area (Å²) < 4.78 is 57.4. The quantitative estimate of drug-likeness (QED) is 0.337. The van der Waals surface area contributed by atoms with Gasteiger partial charge in [0.05, 0.1) is 45.7 Å². The largest absolute Gasteiger partial charge is 0.493 e. The molecule has 3 aliphatic rings. The van der Waals surface area contributed by atoms with Crippen LogP contribution in [0, 0.1) is 11.6 Å². The van der Waals surface area contributed by atoms with E-state index in [-0.39, 0.29) is 52.7 Å². The Balaban J connectivity index is 1.40. The molecule has 2 fully saturated rings. The highest BCUT2D eigenvalue weighted by atomic mass is 32.1. The van der Waals surface area contributed by atoms with Gasteiger partial charge in [0.1, 0.15) is 18.3 Å². The zero-order valence-electron chi connectivity index (χ0n) is 21.5. The number of nitrogens with two attached hydrogens (primary N) is 1. The van der Waals surface area contributed by atoms with Gasteiger partial charge in [-0.15, -0.1) is 11.3 Å². The molecule has 2 saturated heterocycles.